The zero-order chi connectivity index (χ0) is 23.2. The van der Waals surface area contributed by atoms with Gasteiger partial charge in [0.15, 0.2) is 0 Å². The van der Waals surface area contributed by atoms with Gasteiger partial charge in [-0.15, -0.1) is 0 Å². The fourth-order valence-corrected chi connectivity index (χ4v) is 4.35. The summed E-state index contributed by atoms with van der Waals surface area (Å²) >= 11 is 0. The topological polar surface area (TPSA) is 35.6 Å². The third kappa shape index (κ3) is 6.24. The van der Waals surface area contributed by atoms with Gasteiger partial charge in [-0.2, -0.15) is 0 Å². The van der Waals surface area contributed by atoms with Crippen LogP contribution in [0.4, 0.5) is 14.5 Å². The molecule has 1 amide bonds. The van der Waals surface area contributed by atoms with Crippen molar-refractivity contribution < 1.29 is 13.6 Å². The van der Waals surface area contributed by atoms with E-state index in [2.05, 4.69) is 15.1 Å². The number of anilines is 1. The van der Waals surface area contributed by atoms with Crippen LogP contribution in [0.2, 0.25) is 0 Å². The predicted molar refractivity (Wildman–Crippen MR) is 127 cm³/mol. The maximum Gasteiger partial charge on any atom is 0.238 e. The van der Waals surface area contributed by atoms with Crippen molar-refractivity contribution in [3.63, 3.8) is 0 Å². The summed E-state index contributed by atoms with van der Waals surface area (Å²) in [5.74, 6) is -0.586. The average Bonchev–Trinajstić information content (AvgIpc) is 3.03. The van der Waals surface area contributed by atoms with Gasteiger partial charge < -0.3 is 5.32 Å². The maximum atomic E-state index is 13.6. The summed E-state index contributed by atoms with van der Waals surface area (Å²) in [6.07, 6.45) is 0.900. The quantitative estimate of drug-likeness (QED) is 0.575. The molecule has 1 aliphatic rings. The number of rotatable bonds is 6. The van der Waals surface area contributed by atoms with Gasteiger partial charge in [-0.05, 0) is 67.4 Å². The van der Waals surface area contributed by atoms with Gasteiger partial charge in [0, 0.05) is 25.3 Å². The van der Waals surface area contributed by atoms with E-state index in [9.17, 15) is 13.6 Å². The highest BCUT2D eigenvalue weighted by Crippen LogP contribution is 2.30. The molecule has 3 aromatic carbocycles. The molecule has 0 spiro atoms. The third-order valence-corrected chi connectivity index (χ3v) is 6.06. The lowest BCUT2D eigenvalue weighted by atomic mass is 9.96. The van der Waals surface area contributed by atoms with E-state index in [0.717, 1.165) is 55.0 Å². The monoisotopic (exact) mass is 449 g/mol. The van der Waals surface area contributed by atoms with Gasteiger partial charge in [-0.1, -0.05) is 42.0 Å². The number of carbonyl (C=O) groups is 1. The molecule has 0 bridgehead atoms. The number of halogens is 2. The number of hydrogen-bond donors (Lipinski definition) is 1. The van der Waals surface area contributed by atoms with Crippen LogP contribution in [0.15, 0.2) is 72.8 Å². The van der Waals surface area contributed by atoms with E-state index in [1.54, 1.807) is 24.3 Å². The summed E-state index contributed by atoms with van der Waals surface area (Å²) in [4.78, 5) is 17.1. The number of carbonyl (C=O) groups excluding carboxylic acids is 1. The normalized spacial score (nSPS) is 15.4. The van der Waals surface area contributed by atoms with Crippen molar-refractivity contribution in [2.24, 2.45) is 0 Å². The molecule has 6 heteroatoms. The Morgan fingerprint density at radius 3 is 1.97 bits per heavy atom. The van der Waals surface area contributed by atoms with Crippen molar-refractivity contribution >= 4 is 11.6 Å². The van der Waals surface area contributed by atoms with Crippen molar-refractivity contribution in [1.29, 1.82) is 0 Å². The first-order valence-electron chi connectivity index (χ1n) is 11.3. The summed E-state index contributed by atoms with van der Waals surface area (Å²) in [7, 11) is 0. The number of hydrogen-bond acceptors (Lipinski definition) is 3. The van der Waals surface area contributed by atoms with E-state index in [-0.39, 0.29) is 23.6 Å². The highest BCUT2D eigenvalue weighted by molar-refractivity contribution is 5.92. The molecule has 172 valence electrons. The first-order valence-corrected chi connectivity index (χ1v) is 11.3. The van der Waals surface area contributed by atoms with Crippen LogP contribution in [0.3, 0.4) is 0 Å². The van der Waals surface area contributed by atoms with E-state index < -0.39 is 0 Å². The highest BCUT2D eigenvalue weighted by Gasteiger charge is 2.26. The third-order valence-electron chi connectivity index (χ3n) is 6.06. The zero-order valence-corrected chi connectivity index (χ0v) is 18.8. The Morgan fingerprint density at radius 1 is 0.818 bits per heavy atom. The van der Waals surface area contributed by atoms with Gasteiger partial charge in [0.25, 0.3) is 0 Å². The van der Waals surface area contributed by atoms with Crippen LogP contribution in [-0.2, 0) is 4.79 Å². The van der Waals surface area contributed by atoms with Crippen LogP contribution in [0, 0.1) is 18.6 Å². The van der Waals surface area contributed by atoms with E-state index in [4.69, 9.17) is 0 Å². The van der Waals surface area contributed by atoms with Gasteiger partial charge in [0.05, 0.1) is 12.6 Å². The van der Waals surface area contributed by atoms with E-state index in [1.807, 2.05) is 31.2 Å². The Balaban J connectivity index is 1.44. The molecule has 3 aromatic rings. The molecular formula is C27H29F2N3O. The molecule has 0 aliphatic carbocycles. The number of benzene rings is 3. The van der Waals surface area contributed by atoms with Crippen LogP contribution in [-0.4, -0.2) is 48.4 Å². The molecule has 0 saturated carbocycles. The highest BCUT2D eigenvalue weighted by atomic mass is 19.1. The fraction of sp³-hybridized carbons (Fsp3) is 0.296. The Hall–Kier alpha value is -3.09. The first-order chi connectivity index (χ1) is 16.0. The second kappa shape index (κ2) is 10.7. The summed E-state index contributed by atoms with van der Waals surface area (Å²) in [6.45, 7) is 5.48. The smallest absolute Gasteiger partial charge is 0.238 e. The second-order valence-corrected chi connectivity index (χ2v) is 8.59. The molecule has 1 saturated heterocycles. The van der Waals surface area contributed by atoms with Crippen LogP contribution in [0.25, 0.3) is 0 Å². The summed E-state index contributed by atoms with van der Waals surface area (Å²) in [5, 5.41) is 2.97. The number of aryl methyl sites for hydroxylation is 1. The minimum Gasteiger partial charge on any atom is -0.325 e. The number of amides is 1. The van der Waals surface area contributed by atoms with Gasteiger partial charge in [-0.25, -0.2) is 8.78 Å². The minimum absolute atomic E-state index is 0.0269. The second-order valence-electron chi connectivity index (χ2n) is 8.59. The molecule has 1 fully saturated rings. The SMILES string of the molecule is Cc1ccc(NC(=O)CN2CCCN(C(c3ccc(F)cc3)c3ccc(F)cc3)CC2)cc1. The lowest BCUT2D eigenvalue weighted by Crippen LogP contribution is -2.37. The van der Waals surface area contributed by atoms with Crippen molar-refractivity contribution in [1.82, 2.24) is 9.80 Å². The minimum atomic E-state index is -0.279. The first kappa shape index (κ1) is 23.1. The van der Waals surface area contributed by atoms with Crippen molar-refractivity contribution in [3.8, 4) is 0 Å². The molecule has 4 nitrogen and oxygen atoms in total. The Morgan fingerprint density at radius 2 is 1.39 bits per heavy atom. The molecule has 0 atom stereocenters. The predicted octanol–water partition coefficient (Wildman–Crippen LogP) is 5.01. The molecule has 1 N–H and O–H groups in total. The molecule has 0 aromatic heterocycles. The van der Waals surface area contributed by atoms with Gasteiger partial charge in [0.2, 0.25) is 5.91 Å². The Kier molecular flexibility index (Phi) is 7.47. The van der Waals surface area contributed by atoms with Crippen LogP contribution < -0.4 is 5.32 Å². The number of nitrogens with zero attached hydrogens (tertiary/aromatic N) is 2. The largest absolute Gasteiger partial charge is 0.325 e. The van der Waals surface area contributed by atoms with Crippen LogP contribution >= 0.6 is 0 Å². The maximum absolute atomic E-state index is 13.6. The molecular weight excluding hydrogens is 420 g/mol. The Labute approximate surface area is 193 Å². The van der Waals surface area contributed by atoms with Gasteiger partial charge in [-0.3, -0.25) is 14.6 Å². The van der Waals surface area contributed by atoms with Crippen molar-refractivity contribution in [3.05, 3.63) is 101 Å². The number of nitrogens with one attached hydrogen (secondary N) is 1. The lowest BCUT2D eigenvalue weighted by molar-refractivity contribution is -0.117. The molecule has 1 heterocycles. The summed E-state index contributed by atoms with van der Waals surface area (Å²) in [5.41, 5.74) is 3.88. The van der Waals surface area contributed by atoms with Gasteiger partial charge in [0.1, 0.15) is 11.6 Å². The van der Waals surface area contributed by atoms with Gasteiger partial charge >= 0.3 is 0 Å². The van der Waals surface area contributed by atoms with Crippen LogP contribution in [0.1, 0.15) is 29.2 Å². The fourth-order valence-electron chi connectivity index (χ4n) is 4.35. The summed E-state index contributed by atoms with van der Waals surface area (Å²) < 4.78 is 27.1. The molecule has 4 rings (SSSR count). The van der Waals surface area contributed by atoms with E-state index in [1.165, 1.54) is 24.3 Å². The average molecular weight is 450 g/mol. The molecule has 0 radical (unpaired) electrons. The van der Waals surface area contributed by atoms with Crippen molar-refractivity contribution in [2.45, 2.75) is 19.4 Å². The molecule has 1 aliphatic heterocycles. The van der Waals surface area contributed by atoms with E-state index >= 15 is 0 Å². The Bertz CT molecular complexity index is 1010. The molecule has 33 heavy (non-hydrogen) atoms. The lowest BCUT2D eigenvalue weighted by Gasteiger charge is -2.31. The van der Waals surface area contributed by atoms with Crippen LogP contribution in [0.5, 0.6) is 0 Å². The zero-order valence-electron chi connectivity index (χ0n) is 18.8. The molecule has 0 unspecified atom stereocenters. The summed E-state index contributed by atoms with van der Waals surface area (Å²) in [6, 6.07) is 20.7. The van der Waals surface area contributed by atoms with Crippen molar-refractivity contribution in [2.75, 3.05) is 38.0 Å². The van der Waals surface area contributed by atoms with E-state index in [0.29, 0.717) is 6.54 Å². The standard InChI is InChI=1S/C27H29F2N3O/c1-20-3-13-25(14-4-20)30-26(33)19-31-15-2-16-32(18-17-31)27(21-5-9-23(28)10-6-21)22-7-11-24(29)12-8-22/h3-14,27H,2,15-19H2,1H3,(H,30,33).